The van der Waals surface area contributed by atoms with Crippen LogP contribution in [0.5, 0.6) is 0 Å². The maximum Gasteiger partial charge on any atom is 0.335 e. The van der Waals surface area contributed by atoms with E-state index in [1.54, 1.807) is 50.2 Å². The molecule has 0 aliphatic carbocycles. The third kappa shape index (κ3) is 3.89. The molecule has 6 nitrogen and oxygen atoms in total. The van der Waals surface area contributed by atoms with Gasteiger partial charge < -0.3 is 5.11 Å². The maximum atomic E-state index is 14.6. The molecule has 3 aromatic carbocycles. The van der Waals surface area contributed by atoms with Gasteiger partial charge in [0.25, 0.3) is 10.0 Å². The van der Waals surface area contributed by atoms with E-state index in [1.165, 1.54) is 12.1 Å². The summed E-state index contributed by atoms with van der Waals surface area (Å²) < 4.78 is 43.2. The number of nitrogens with zero attached hydrogens (tertiary/aromatic N) is 1. The Kier molecular flexibility index (Phi) is 5.24. The highest BCUT2D eigenvalue weighted by Crippen LogP contribution is 2.36. The summed E-state index contributed by atoms with van der Waals surface area (Å²) in [6, 6.07) is 13.7. The molecule has 0 aliphatic rings. The largest absolute Gasteiger partial charge is 0.478 e. The Bertz CT molecular complexity index is 1450. The number of aromatic nitrogens is 1. The normalized spacial score (nSPS) is 11.6. The zero-order valence-electron chi connectivity index (χ0n) is 16.5. The molecular formula is C22H17FN2O4S2. The van der Waals surface area contributed by atoms with Crippen LogP contribution in [-0.4, -0.2) is 24.5 Å². The van der Waals surface area contributed by atoms with Crippen LogP contribution in [-0.2, 0) is 10.0 Å². The molecular weight excluding hydrogens is 439 g/mol. The Hall–Kier alpha value is -3.30. The highest BCUT2D eigenvalue weighted by Gasteiger charge is 2.22. The zero-order valence-corrected chi connectivity index (χ0v) is 18.1. The van der Waals surface area contributed by atoms with Gasteiger partial charge in [-0.2, -0.15) is 0 Å². The van der Waals surface area contributed by atoms with Crippen LogP contribution in [0.2, 0.25) is 0 Å². The predicted octanol–water partition coefficient (Wildman–Crippen LogP) is 5.22. The molecule has 0 unspecified atom stereocenters. The summed E-state index contributed by atoms with van der Waals surface area (Å²) in [5, 5.41) is 11.0. The van der Waals surface area contributed by atoms with Gasteiger partial charge in [0.1, 0.15) is 5.82 Å². The SMILES string of the molecule is Cc1nc(C)c(S(=O)(=O)Nc2ccc(-c3cc(C(=O)O)ccc3F)c3ccccc23)s1. The van der Waals surface area contributed by atoms with Gasteiger partial charge in [-0.05, 0) is 49.1 Å². The van der Waals surface area contributed by atoms with Crippen LogP contribution in [0.4, 0.5) is 10.1 Å². The van der Waals surface area contributed by atoms with Crippen LogP contribution in [0.1, 0.15) is 21.1 Å². The molecule has 2 N–H and O–H groups in total. The van der Waals surface area contributed by atoms with Crippen LogP contribution < -0.4 is 4.72 Å². The summed E-state index contributed by atoms with van der Waals surface area (Å²) in [6.45, 7) is 3.37. The van der Waals surface area contributed by atoms with E-state index in [0.717, 1.165) is 17.4 Å². The van der Waals surface area contributed by atoms with Crippen LogP contribution in [0.15, 0.2) is 58.8 Å². The van der Waals surface area contributed by atoms with Gasteiger partial charge in [0.2, 0.25) is 0 Å². The number of halogens is 1. The summed E-state index contributed by atoms with van der Waals surface area (Å²) in [7, 11) is -3.86. The summed E-state index contributed by atoms with van der Waals surface area (Å²) >= 11 is 1.09. The van der Waals surface area contributed by atoms with Crippen LogP contribution in [0.3, 0.4) is 0 Å². The third-order valence-corrected chi connectivity index (χ3v) is 7.82. The molecule has 4 rings (SSSR count). The van der Waals surface area contributed by atoms with E-state index in [1.807, 2.05) is 0 Å². The molecule has 0 spiro atoms. The first-order chi connectivity index (χ1) is 14.7. The summed E-state index contributed by atoms with van der Waals surface area (Å²) in [5.41, 5.74) is 1.30. The molecule has 0 atom stereocenters. The lowest BCUT2D eigenvalue weighted by molar-refractivity contribution is 0.0697. The molecule has 0 fully saturated rings. The van der Waals surface area contributed by atoms with Gasteiger partial charge in [-0.15, -0.1) is 11.3 Å². The van der Waals surface area contributed by atoms with E-state index in [2.05, 4.69) is 9.71 Å². The highest BCUT2D eigenvalue weighted by atomic mass is 32.2. The average molecular weight is 457 g/mol. The number of hydrogen-bond acceptors (Lipinski definition) is 5. The molecule has 0 saturated carbocycles. The maximum absolute atomic E-state index is 14.6. The van der Waals surface area contributed by atoms with Crippen molar-refractivity contribution in [3.63, 3.8) is 0 Å². The van der Waals surface area contributed by atoms with Crippen molar-refractivity contribution < 1.29 is 22.7 Å². The third-order valence-electron chi connectivity index (χ3n) is 4.78. The number of aryl methyl sites for hydroxylation is 2. The average Bonchev–Trinajstić information content (AvgIpc) is 3.07. The number of benzene rings is 3. The molecule has 4 aromatic rings. The van der Waals surface area contributed by atoms with Crippen LogP contribution in [0.25, 0.3) is 21.9 Å². The number of anilines is 1. The Morgan fingerprint density at radius 3 is 2.39 bits per heavy atom. The monoisotopic (exact) mass is 456 g/mol. The molecule has 9 heteroatoms. The molecule has 158 valence electrons. The molecule has 0 aliphatic heterocycles. The molecule has 0 saturated heterocycles. The number of thiazole rings is 1. The molecule has 0 bridgehead atoms. The van der Waals surface area contributed by atoms with Gasteiger partial charge in [0.15, 0.2) is 4.21 Å². The predicted molar refractivity (Wildman–Crippen MR) is 119 cm³/mol. The molecule has 1 heterocycles. The highest BCUT2D eigenvalue weighted by molar-refractivity contribution is 7.94. The van der Waals surface area contributed by atoms with Crippen molar-refractivity contribution >= 4 is 43.8 Å². The van der Waals surface area contributed by atoms with Gasteiger partial charge in [0, 0.05) is 10.9 Å². The second-order valence-corrected chi connectivity index (χ2v) is 10.00. The number of nitrogens with one attached hydrogen (secondary N) is 1. The number of carboxylic acids is 1. The van der Waals surface area contributed by atoms with E-state index in [0.29, 0.717) is 32.7 Å². The number of hydrogen-bond donors (Lipinski definition) is 2. The number of rotatable bonds is 5. The lowest BCUT2D eigenvalue weighted by atomic mass is 9.95. The Morgan fingerprint density at radius 1 is 1.03 bits per heavy atom. The number of carbonyl (C=O) groups is 1. The topological polar surface area (TPSA) is 96.4 Å². The number of carboxylic acid groups (broad SMARTS) is 1. The van der Waals surface area contributed by atoms with Crippen molar-refractivity contribution in [3.8, 4) is 11.1 Å². The summed E-state index contributed by atoms with van der Waals surface area (Å²) in [4.78, 5) is 15.5. The molecule has 0 radical (unpaired) electrons. The molecule has 31 heavy (non-hydrogen) atoms. The summed E-state index contributed by atoms with van der Waals surface area (Å²) in [6.07, 6.45) is 0. The number of fused-ring (bicyclic) bond motifs is 1. The smallest absolute Gasteiger partial charge is 0.335 e. The Labute approximate surface area is 182 Å². The first kappa shape index (κ1) is 21.0. The quantitative estimate of drug-likeness (QED) is 0.429. The minimum Gasteiger partial charge on any atom is -0.478 e. The van der Waals surface area contributed by atoms with Crippen LogP contribution >= 0.6 is 11.3 Å². The van der Waals surface area contributed by atoms with Gasteiger partial charge >= 0.3 is 5.97 Å². The van der Waals surface area contributed by atoms with Gasteiger partial charge in [0.05, 0.1) is 22.0 Å². The zero-order chi connectivity index (χ0) is 22.3. The van der Waals surface area contributed by atoms with E-state index in [-0.39, 0.29) is 15.3 Å². The van der Waals surface area contributed by atoms with Crippen molar-refractivity contribution in [3.05, 3.63) is 76.7 Å². The van der Waals surface area contributed by atoms with E-state index < -0.39 is 21.8 Å². The first-order valence-electron chi connectivity index (χ1n) is 9.19. The minimum absolute atomic E-state index is 0.0405. The molecule has 0 amide bonds. The van der Waals surface area contributed by atoms with Crippen molar-refractivity contribution in [1.82, 2.24) is 4.98 Å². The first-order valence-corrected chi connectivity index (χ1v) is 11.5. The van der Waals surface area contributed by atoms with Crippen molar-refractivity contribution in [1.29, 1.82) is 0 Å². The molecule has 1 aromatic heterocycles. The number of sulfonamides is 1. The van der Waals surface area contributed by atoms with Gasteiger partial charge in [-0.3, -0.25) is 4.72 Å². The van der Waals surface area contributed by atoms with Crippen molar-refractivity contribution in [2.75, 3.05) is 4.72 Å². The number of aromatic carboxylic acids is 1. The van der Waals surface area contributed by atoms with Crippen LogP contribution in [0, 0.1) is 19.7 Å². The fraction of sp³-hybridized carbons (Fsp3) is 0.0909. The van der Waals surface area contributed by atoms with Gasteiger partial charge in [-0.1, -0.05) is 30.3 Å². The van der Waals surface area contributed by atoms with E-state index in [9.17, 15) is 22.7 Å². The Morgan fingerprint density at radius 2 is 1.74 bits per heavy atom. The second kappa shape index (κ2) is 7.75. The Balaban J connectivity index is 1.86. The van der Waals surface area contributed by atoms with Crippen molar-refractivity contribution in [2.45, 2.75) is 18.1 Å². The second-order valence-electron chi connectivity index (χ2n) is 6.92. The van der Waals surface area contributed by atoms with E-state index >= 15 is 0 Å². The van der Waals surface area contributed by atoms with Gasteiger partial charge in [-0.25, -0.2) is 22.6 Å². The fourth-order valence-electron chi connectivity index (χ4n) is 3.44. The minimum atomic E-state index is -3.86. The lowest BCUT2D eigenvalue weighted by Crippen LogP contribution is -2.13. The standard InChI is InChI=1S/C22H17FN2O4S2/c1-12-22(30-13(2)24-12)31(28,29)25-20-10-8-16(15-5-3-4-6-17(15)20)18-11-14(21(26)27)7-9-19(18)23/h3-11,25H,1-2H3,(H,26,27). The lowest BCUT2D eigenvalue weighted by Gasteiger charge is -2.14. The van der Waals surface area contributed by atoms with E-state index in [4.69, 9.17) is 0 Å². The fourth-order valence-corrected chi connectivity index (χ4v) is 6.01. The summed E-state index contributed by atoms with van der Waals surface area (Å²) in [5.74, 6) is -1.73. The van der Waals surface area contributed by atoms with Crippen molar-refractivity contribution in [2.24, 2.45) is 0 Å².